The summed E-state index contributed by atoms with van der Waals surface area (Å²) in [6, 6.07) is 10.5. The quantitative estimate of drug-likeness (QED) is 0.598. The highest BCUT2D eigenvalue weighted by Crippen LogP contribution is 2.33. The second-order valence-electron chi connectivity index (χ2n) is 8.13. The van der Waals surface area contributed by atoms with Crippen molar-refractivity contribution in [2.75, 3.05) is 7.11 Å². The molecule has 0 saturated heterocycles. The number of rotatable bonds is 6. The minimum Gasteiger partial charge on any atom is -0.380 e. The van der Waals surface area contributed by atoms with Crippen LogP contribution < -0.4 is 5.32 Å². The maximum atomic E-state index is 13.2. The molecule has 3 atom stereocenters. The summed E-state index contributed by atoms with van der Waals surface area (Å²) >= 11 is 1.40. The van der Waals surface area contributed by atoms with Crippen molar-refractivity contribution in [3.05, 3.63) is 59.2 Å². The number of nitrogens with one attached hydrogen (secondary N) is 1. The van der Waals surface area contributed by atoms with Crippen LogP contribution in [0.1, 0.15) is 41.4 Å². The number of benzene rings is 1. The Balaban J connectivity index is 1.43. The monoisotopic (exact) mass is 458 g/mol. The Hall–Kier alpha value is -2.29. The minimum absolute atomic E-state index is 0.156. The van der Waals surface area contributed by atoms with Crippen molar-refractivity contribution >= 4 is 37.2 Å². The van der Waals surface area contributed by atoms with Gasteiger partial charge >= 0.3 is 0 Å². The molecule has 1 aliphatic rings. The van der Waals surface area contributed by atoms with Gasteiger partial charge in [-0.2, -0.15) is 0 Å². The summed E-state index contributed by atoms with van der Waals surface area (Å²) in [7, 11) is -1.89. The average Bonchev–Trinajstić information content (AvgIpc) is 3.22. The number of carbonyl (C=O) groups is 1. The summed E-state index contributed by atoms with van der Waals surface area (Å²) < 4.78 is 32.8. The molecule has 6 nitrogen and oxygen atoms in total. The van der Waals surface area contributed by atoms with Gasteiger partial charge in [-0.1, -0.05) is 19.1 Å². The van der Waals surface area contributed by atoms with Gasteiger partial charge in [0.2, 0.25) is 0 Å². The number of thiophene rings is 1. The van der Waals surface area contributed by atoms with Gasteiger partial charge in [-0.25, -0.2) is 8.42 Å². The van der Waals surface area contributed by atoms with E-state index in [4.69, 9.17) is 4.74 Å². The SMILES string of the molecule is COC1CCC(C)CC1S(=O)(=O)c1ccc(CNC(=O)c2cc3ccncc3s2)cc1. The summed E-state index contributed by atoms with van der Waals surface area (Å²) in [6.45, 7) is 2.42. The number of aromatic nitrogens is 1. The smallest absolute Gasteiger partial charge is 0.261 e. The topological polar surface area (TPSA) is 85.4 Å². The Morgan fingerprint density at radius 1 is 1.23 bits per heavy atom. The van der Waals surface area contributed by atoms with Crippen molar-refractivity contribution in [3.63, 3.8) is 0 Å². The number of nitrogens with zero attached hydrogens (tertiary/aromatic N) is 1. The van der Waals surface area contributed by atoms with Crippen molar-refractivity contribution in [2.24, 2.45) is 5.92 Å². The number of pyridine rings is 1. The molecule has 0 aliphatic heterocycles. The molecule has 1 fully saturated rings. The van der Waals surface area contributed by atoms with E-state index >= 15 is 0 Å². The lowest BCUT2D eigenvalue weighted by molar-refractivity contribution is 0.0623. The molecule has 0 bridgehead atoms. The Morgan fingerprint density at radius 3 is 2.71 bits per heavy atom. The van der Waals surface area contributed by atoms with E-state index < -0.39 is 15.1 Å². The maximum absolute atomic E-state index is 13.2. The lowest BCUT2D eigenvalue weighted by Crippen LogP contribution is -2.40. The van der Waals surface area contributed by atoms with E-state index in [0.29, 0.717) is 28.7 Å². The first-order valence-electron chi connectivity index (χ1n) is 10.4. The van der Waals surface area contributed by atoms with Crippen LogP contribution in [-0.4, -0.2) is 37.8 Å². The molecule has 1 N–H and O–H groups in total. The molecule has 1 amide bonds. The third kappa shape index (κ3) is 4.66. The molecule has 1 aliphatic carbocycles. The number of ether oxygens (including phenoxy) is 1. The zero-order chi connectivity index (χ0) is 22.0. The van der Waals surface area contributed by atoms with Crippen molar-refractivity contribution in [1.29, 1.82) is 0 Å². The van der Waals surface area contributed by atoms with Crippen LogP contribution in [0.25, 0.3) is 10.1 Å². The number of hydrogen-bond acceptors (Lipinski definition) is 6. The molecule has 2 aromatic heterocycles. The zero-order valence-electron chi connectivity index (χ0n) is 17.6. The lowest BCUT2D eigenvalue weighted by Gasteiger charge is -2.33. The molecule has 4 rings (SSSR count). The van der Waals surface area contributed by atoms with E-state index in [1.54, 1.807) is 43.8 Å². The standard InChI is InChI=1S/C23H26N2O4S2/c1-15-3-8-19(29-2)22(11-15)31(27,28)18-6-4-16(5-7-18)13-25-23(26)20-12-17-9-10-24-14-21(17)30-20/h4-7,9-10,12,14-15,19,22H,3,8,11,13H2,1-2H3,(H,25,26). The van der Waals surface area contributed by atoms with E-state index in [-0.39, 0.29) is 12.0 Å². The normalized spacial score (nSPS) is 21.8. The maximum Gasteiger partial charge on any atom is 0.261 e. The fourth-order valence-electron chi connectivity index (χ4n) is 4.13. The van der Waals surface area contributed by atoms with Gasteiger partial charge in [-0.05, 0) is 60.4 Å². The molecular formula is C23H26N2O4S2. The first-order valence-corrected chi connectivity index (χ1v) is 12.7. The molecule has 3 unspecified atom stereocenters. The molecular weight excluding hydrogens is 432 g/mol. The predicted octanol–water partition coefficient (Wildman–Crippen LogP) is 4.20. The number of amides is 1. The molecule has 1 aromatic carbocycles. The van der Waals surface area contributed by atoms with Gasteiger partial charge in [0.15, 0.2) is 9.84 Å². The van der Waals surface area contributed by atoms with E-state index in [2.05, 4.69) is 17.2 Å². The highest BCUT2D eigenvalue weighted by Gasteiger charge is 2.38. The van der Waals surface area contributed by atoms with Crippen molar-refractivity contribution in [3.8, 4) is 0 Å². The molecule has 2 heterocycles. The van der Waals surface area contributed by atoms with Crippen LogP contribution in [0.5, 0.6) is 0 Å². The van der Waals surface area contributed by atoms with Gasteiger partial charge < -0.3 is 10.1 Å². The molecule has 8 heteroatoms. The second kappa shape index (κ2) is 9.06. The minimum atomic E-state index is -3.48. The molecule has 31 heavy (non-hydrogen) atoms. The number of sulfone groups is 1. The van der Waals surface area contributed by atoms with Crippen LogP contribution in [0.2, 0.25) is 0 Å². The highest BCUT2D eigenvalue weighted by atomic mass is 32.2. The number of hydrogen-bond donors (Lipinski definition) is 1. The van der Waals surface area contributed by atoms with Crippen LogP contribution in [0, 0.1) is 5.92 Å². The van der Waals surface area contributed by atoms with E-state index in [9.17, 15) is 13.2 Å². The van der Waals surface area contributed by atoms with E-state index in [0.717, 1.165) is 28.5 Å². The fraction of sp³-hybridized carbons (Fsp3) is 0.391. The van der Waals surface area contributed by atoms with E-state index in [1.165, 1.54) is 11.3 Å². The van der Waals surface area contributed by atoms with Gasteiger partial charge in [0, 0.05) is 26.0 Å². The van der Waals surface area contributed by atoms with E-state index in [1.807, 2.05) is 12.1 Å². The molecule has 164 valence electrons. The van der Waals surface area contributed by atoms with Crippen molar-refractivity contribution in [1.82, 2.24) is 10.3 Å². The summed E-state index contributed by atoms with van der Waals surface area (Å²) in [5, 5.41) is 3.37. The Labute approximate surface area is 186 Å². The molecule has 0 spiro atoms. The first-order chi connectivity index (χ1) is 14.9. The van der Waals surface area contributed by atoms with Crippen LogP contribution >= 0.6 is 11.3 Å². The van der Waals surface area contributed by atoms with Crippen LogP contribution in [-0.2, 0) is 21.1 Å². The third-order valence-electron chi connectivity index (χ3n) is 5.95. The van der Waals surface area contributed by atoms with Crippen molar-refractivity contribution < 1.29 is 17.9 Å². The summed E-state index contributed by atoms with van der Waals surface area (Å²) in [6.07, 6.45) is 5.55. The first kappa shape index (κ1) is 21.9. The number of fused-ring (bicyclic) bond motifs is 1. The highest BCUT2D eigenvalue weighted by molar-refractivity contribution is 7.92. The Bertz CT molecular complexity index is 1140. The molecule has 3 aromatic rings. The van der Waals surface area contributed by atoms with Gasteiger partial charge in [0.05, 0.1) is 25.8 Å². The Kier molecular flexibility index (Phi) is 6.41. The van der Waals surface area contributed by atoms with Crippen molar-refractivity contribution in [2.45, 2.75) is 49.0 Å². The van der Waals surface area contributed by atoms with Crippen LogP contribution in [0.3, 0.4) is 0 Å². The average molecular weight is 459 g/mol. The van der Waals surface area contributed by atoms with Gasteiger partial charge in [0.1, 0.15) is 0 Å². The van der Waals surface area contributed by atoms with Gasteiger partial charge in [0.25, 0.3) is 5.91 Å². The summed E-state index contributed by atoms with van der Waals surface area (Å²) in [4.78, 5) is 17.5. The molecule has 0 radical (unpaired) electrons. The van der Waals surface area contributed by atoms with Crippen LogP contribution in [0.15, 0.2) is 53.7 Å². The van der Waals surface area contributed by atoms with Gasteiger partial charge in [-0.15, -0.1) is 11.3 Å². The number of carbonyl (C=O) groups excluding carboxylic acids is 1. The van der Waals surface area contributed by atoms with Crippen LogP contribution in [0.4, 0.5) is 0 Å². The zero-order valence-corrected chi connectivity index (χ0v) is 19.2. The predicted molar refractivity (Wildman–Crippen MR) is 122 cm³/mol. The fourth-order valence-corrected chi connectivity index (χ4v) is 7.17. The summed E-state index contributed by atoms with van der Waals surface area (Å²) in [5.74, 6) is 0.211. The third-order valence-corrected chi connectivity index (χ3v) is 9.25. The summed E-state index contributed by atoms with van der Waals surface area (Å²) in [5.41, 5.74) is 0.843. The lowest BCUT2D eigenvalue weighted by atomic mass is 9.88. The Morgan fingerprint density at radius 2 is 2.00 bits per heavy atom. The largest absolute Gasteiger partial charge is 0.380 e. The molecule has 1 saturated carbocycles. The second-order valence-corrected chi connectivity index (χ2v) is 11.4. The van der Waals surface area contributed by atoms with Gasteiger partial charge in [-0.3, -0.25) is 9.78 Å². The number of methoxy groups -OCH3 is 1.